The van der Waals surface area contributed by atoms with Crippen LogP contribution >= 0.6 is 0 Å². The predicted octanol–water partition coefficient (Wildman–Crippen LogP) is 3.18. The number of ether oxygens (including phenoxy) is 1. The second kappa shape index (κ2) is 8.65. The molecule has 0 unspecified atom stereocenters. The molecule has 6 heteroatoms. The van der Waals surface area contributed by atoms with Crippen LogP contribution < -0.4 is 5.32 Å². The highest BCUT2D eigenvalue weighted by atomic mass is 16.5. The summed E-state index contributed by atoms with van der Waals surface area (Å²) in [6, 6.07) is 8.18. The summed E-state index contributed by atoms with van der Waals surface area (Å²) in [7, 11) is 0. The number of aryl methyl sites for hydroxylation is 2. The molecule has 138 valence electrons. The highest BCUT2D eigenvalue weighted by Crippen LogP contribution is 2.21. The highest BCUT2D eigenvalue weighted by Gasteiger charge is 2.18. The lowest BCUT2D eigenvalue weighted by Gasteiger charge is -2.11. The van der Waals surface area contributed by atoms with E-state index in [0.29, 0.717) is 18.1 Å². The molecule has 1 aromatic heterocycles. The summed E-state index contributed by atoms with van der Waals surface area (Å²) in [6.07, 6.45) is 6.43. The minimum Gasteiger partial charge on any atom is -0.456 e. The van der Waals surface area contributed by atoms with Crippen molar-refractivity contribution in [3.05, 3.63) is 41.9 Å². The minimum atomic E-state index is -0.429. The van der Waals surface area contributed by atoms with Crippen molar-refractivity contribution in [1.29, 1.82) is 0 Å². The molecule has 1 fully saturated rings. The first-order valence-corrected chi connectivity index (χ1v) is 9.07. The zero-order valence-corrected chi connectivity index (χ0v) is 15.0. The van der Waals surface area contributed by atoms with Crippen molar-refractivity contribution in [3.63, 3.8) is 0 Å². The van der Waals surface area contributed by atoms with Crippen LogP contribution in [0.15, 0.2) is 34.9 Å². The van der Waals surface area contributed by atoms with Crippen molar-refractivity contribution in [2.45, 2.75) is 51.5 Å². The zero-order valence-electron chi connectivity index (χ0n) is 15.0. The van der Waals surface area contributed by atoms with E-state index in [0.717, 1.165) is 31.2 Å². The summed E-state index contributed by atoms with van der Waals surface area (Å²) in [5, 5.41) is 2.89. The summed E-state index contributed by atoms with van der Waals surface area (Å²) in [6.45, 7) is 1.80. The fourth-order valence-corrected chi connectivity index (χ4v) is 3.04. The minimum absolute atomic E-state index is 0.130. The molecule has 1 aliphatic carbocycles. The SMILES string of the molecule is Cc1ccc(-c2cnc(CCC(=O)OCC(=O)NC3CCCC3)o2)cc1. The van der Waals surface area contributed by atoms with Gasteiger partial charge in [0.25, 0.3) is 5.91 Å². The van der Waals surface area contributed by atoms with Crippen LogP contribution in [0.1, 0.15) is 43.6 Å². The second-order valence-corrected chi connectivity index (χ2v) is 6.69. The third-order valence-electron chi connectivity index (χ3n) is 4.52. The topological polar surface area (TPSA) is 81.4 Å². The number of nitrogens with zero attached hydrogens (tertiary/aromatic N) is 1. The van der Waals surface area contributed by atoms with E-state index in [2.05, 4.69) is 10.3 Å². The quantitative estimate of drug-likeness (QED) is 0.771. The van der Waals surface area contributed by atoms with Crippen LogP contribution in [0.2, 0.25) is 0 Å². The number of carbonyl (C=O) groups excluding carboxylic acids is 2. The summed E-state index contributed by atoms with van der Waals surface area (Å²) in [5.74, 6) is 0.488. The number of carbonyl (C=O) groups is 2. The van der Waals surface area contributed by atoms with Gasteiger partial charge >= 0.3 is 5.97 Å². The van der Waals surface area contributed by atoms with Crippen molar-refractivity contribution in [1.82, 2.24) is 10.3 Å². The summed E-state index contributed by atoms with van der Waals surface area (Å²) in [4.78, 5) is 27.7. The zero-order chi connectivity index (χ0) is 18.4. The molecule has 6 nitrogen and oxygen atoms in total. The van der Waals surface area contributed by atoms with E-state index in [4.69, 9.17) is 9.15 Å². The van der Waals surface area contributed by atoms with E-state index >= 15 is 0 Å². The standard InChI is InChI=1S/C20H24N2O4/c1-14-6-8-15(9-7-14)17-12-21-19(26-17)10-11-20(24)25-13-18(23)22-16-4-2-3-5-16/h6-9,12,16H,2-5,10-11,13H2,1H3,(H,22,23). The van der Waals surface area contributed by atoms with Gasteiger partial charge in [-0.3, -0.25) is 9.59 Å². The van der Waals surface area contributed by atoms with E-state index in [-0.39, 0.29) is 25.0 Å². The molecule has 0 radical (unpaired) electrons. The lowest BCUT2D eigenvalue weighted by Crippen LogP contribution is -2.35. The monoisotopic (exact) mass is 356 g/mol. The number of hydrogen-bond donors (Lipinski definition) is 1. The van der Waals surface area contributed by atoms with Crippen LogP contribution in [0.4, 0.5) is 0 Å². The molecule has 3 rings (SSSR count). The lowest BCUT2D eigenvalue weighted by molar-refractivity contribution is -0.148. The number of oxazole rings is 1. The average Bonchev–Trinajstić information content (AvgIpc) is 3.31. The van der Waals surface area contributed by atoms with Gasteiger partial charge in [0.05, 0.1) is 12.6 Å². The molecular formula is C20H24N2O4. The molecule has 0 atom stereocenters. The highest BCUT2D eigenvalue weighted by molar-refractivity contribution is 5.80. The van der Waals surface area contributed by atoms with Gasteiger partial charge in [-0.05, 0) is 19.8 Å². The van der Waals surface area contributed by atoms with Crippen LogP contribution in [0.5, 0.6) is 0 Å². The normalized spacial score (nSPS) is 14.3. The Hall–Kier alpha value is -2.63. The average molecular weight is 356 g/mol. The fourth-order valence-electron chi connectivity index (χ4n) is 3.04. The number of amides is 1. The molecule has 2 aromatic rings. The van der Waals surface area contributed by atoms with Crippen LogP contribution in [0.3, 0.4) is 0 Å². The third kappa shape index (κ3) is 5.18. The first kappa shape index (κ1) is 18.2. The molecule has 26 heavy (non-hydrogen) atoms. The fraction of sp³-hybridized carbons (Fsp3) is 0.450. The number of esters is 1. The van der Waals surface area contributed by atoms with E-state index in [9.17, 15) is 9.59 Å². The number of nitrogens with one attached hydrogen (secondary N) is 1. The van der Waals surface area contributed by atoms with Crippen molar-refractivity contribution in [3.8, 4) is 11.3 Å². The van der Waals surface area contributed by atoms with Gasteiger partial charge in [-0.2, -0.15) is 0 Å². The number of benzene rings is 1. The second-order valence-electron chi connectivity index (χ2n) is 6.69. The largest absolute Gasteiger partial charge is 0.456 e. The maximum Gasteiger partial charge on any atom is 0.306 e. The van der Waals surface area contributed by atoms with E-state index in [1.807, 2.05) is 31.2 Å². The first-order chi connectivity index (χ1) is 12.6. The van der Waals surface area contributed by atoms with Crippen molar-refractivity contribution >= 4 is 11.9 Å². The third-order valence-corrected chi connectivity index (χ3v) is 4.52. The molecule has 1 amide bonds. The van der Waals surface area contributed by atoms with Crippen molar-refractivity contribution in [2.75, 3.05) is 6.61 Å². The predicted molar refractivity (Wildman–Crippen MR) is 96.4 cm³/mol. The molecule has 1 N–H and O–H groups in total. The van der Waals surface area contributed by atoms with Gasteiger partial charge < -0.3 is 14.5 Å². The van der Waals surface area contributed by atoms with Gasteiger partial charge in [-0.1, -0.05) is 42.7 Å². The molecule has 1 saturated carbocycles. The van der Waals surface area contributed by atoms with Gasteiger partial charge in [0.15, 0.2) is 18.3 Å². The number of rotatable bonds is 7. The van der Waals surface area contributed by atoms with Crippen LogP contribution in [-0.2, 0) is 20.7 Å². The Labute approximate surface area is 152 Å². The Bertz CT molecular complexity index is 745. The van der Waals surface area contributed by atoms with E-state index in [1.54, 1.807) is 6.20 Å². The van der Waals surface area contributed by atoms with Crippen LogP contribution in [-0.4, -0.2) is 29.5 Å². The summed E-state index contributed by atoms with van der Waals surface area (Å²) >= 11 is 0. The van der Waals surface area contributed by atoms with Crippen molar-refractivity contribution in [2.24, 2.45) is 0 Å². The van der Waals surface area contributed by atoms with E-state index in [1.165, 1.54) is 5.56 Å². The molecule has 0 saturated heterocycles. The smallest absolute Gasteiger partial charge is 0.306 e. The number of aromatic nitrogens is 1. The molecule has 1 aliphatic rings. The Balaban J connectivity index is 1.40. The first-order valence-electron chi connectivity index (χ1n) is 9.07. The summed E-state index contributed by atoms with van der Waals surface area (Å²) in [5.41, 5.74) is 2.12. The van der Waals surface area contributed by atoms with Gasteiger partial charge in [-0.15, -0.1) is 0 Å². The van der Waals surface area contributed by atoms with Gasteiger partial charge in [0.1, 0.15) is 0 Å². The maximum atomic E-state index is 11.8. The lowest BCUT2D eigenvalue weighted by atomic mass is 10.1. The molecule has 0 bridgehead atoms. The molecule has 0 aliphatic heterocycles. The molecule has 1 heterocycles. The number of hydrogen-bond acceptors (Lipinski definition) is 5. The maximum absolute atomic E-state index is 11.8. The molecule has 0 spiro atoms. The van der Waals surface area contributed by atoms with Gasteiger partial charge in [0.2, 0.25) is 0 Å². The van der Waals surface area contributed by atoms with Gasteiger partial charge in [-0.25, -0.2) is 4.98 Å². The molecular weight excluding hydrogens is 332 g/mol. The Morgan fingerprint density at radius 3 is 2.69 bits per heavy atom. The molecule has 1 aromatic carbocycles. The van der Waals surface area contributed by atoms with E-state index < -0.39 is 5.97 Å². The Morgan fingerprint density at radius 1 is 1.23 bits per heavy atom. The Morgan fingerprint density at radius 2 is 1.96 bits per heavy atom. The summed E-state index contributed by atoms with van der Waals surface area (Å²) < 4.78 is 10.7. The van der Waals surface area contributed by atoms with Crippen molar-refractivity contribution < 1.29 is 18.7 Å². The Kier molecular flexibility index (Phi) is 6.04. The van der Waals surface area contributed by atoms with Gasteiger partial charge in [0, 0.05) is 18.0 Å². The van der Waals surface area contributed by atoms with Crippen LogP contribution in [0, 0.1) is 6.92 Å². The van der Waals surface area contributed by atoms with Crippen LogP contribution in [0.25, 0.3) is 11.3 Å².